The average molecular weight is 259 g/mol. The molecule has 0 amide bonds. The predicted molar refractivity (Wildman–Crippen MR) is 79.7 cm³/mol. The van der Waals surface area contributed by atoms with Crippen LogP contribution in [0.1, 0.15) is 50.7 Å². The lowest BCUT2D eigenvalue weighted by Gasteiger charge is -2.30. The molecule has 3 rings (SSSR count). The standard InChI is InChI=1S/C17H25NO/c1-17(2,19)12-14-7-5-6-13-10-11-18(16(13)14)15-8-3-4-9-15/h5-7,15,19H,3-4,8-12H2,1-2H3. The number of para-hydroxylation sites is 1. The molecule has 1 aliphatic carbocycles. The number of hydrogen-bond acceptors (Lipinski definition) is 2. The fourth-order valence-corrected chi connectivity index (χ4v) is 3.76. The zero-order valence-electron chi connectivity index (χ0n) is 12.2. The maximum absolute atomic E-state index is 10.1. The maximum Gasteiger partial charge on any atom is 0.0632 e. The molecule has 0 aromatic heterocycles. The minimum Gasteiger partial charge on any atom is -0.390 e. The Morgan fingerprint density at radius 3 is 2.68 bits per heavy atom. The van der Waals surface area contributed by atoms with Crippen LogP contribution in [0.3, 0.4) is 0 Å². The molecule has 1 saturated carbocycles. The van der Waals surface area contributed by atoms with Gasteiger partial charge in [0.1, 0.15) is 0 Å². The molecule has 0 radical (unpaired) electrons. The Bertz CT molecular complexity index is 455. The zero-order chi connectivity index (χ0) is 13.5. The summed E-state index contributed by atoms with van der Waals surface area (Å²) in [5, 5.41) is 10.1. The van der Waals surface area contributed by atoms with Gasteiger partial charge in [-0.3, -0.25) is 0 Å². The molecule has 2 heteroatoms. The Kier molecular flexibility index (Phi) is 3.30. The molecule has 0 bridgehead atoms. The fourth-order valence-electron chi connectivity index (χ4n) is 3.76. The van der Waals surface area contributed by atoms with Gasteiger partial charge in [0.05, 0.1) is 5.60 Å². The van der Waals surface area contributed by atoms with E-state index in [4.69, 9.17) is 0 Å². The Hall–Kier alpha value is -1.02. The third-order valence-electron chi connectivity index (χ3n) is 4.50. The average Bonchev–Trinajstić information content (AvgIpc) is 2.95. The topological polar surface area (TPSA) is 23.5 Å². The number of nitrogens with zero attached hydrogens (tertiary/aromatic N) is 1. The Morgan fingerprint density at radius 2 is 2.00 bits per heavy atom. The summed E-state index contributed by atoms with van der Waals surface area (Å²) in [5.41, 5.74) is 3.62. The zero-order valence-corrected chi connectivity index (χ0v) is 12.2. The van der Waals surface area contributed by atoms with Gasteiger partial charge in [-0.1, -0.05) is 31.0 Å². The molecule has 1 aliphatic heterocycles. The van der Waals surface area contributed by atoms with E-state index in [-0.39, 0.29) is 0 Å². The summed E-state index contributed by atoms with van der Waals surface area (Å²) in [7, 11) is 0. The molecule has 1 aromatic rings. The Balaban J connectivity index is 1.93. The second-order valence-corrected chi connectivity index (χ2v) is 6.80. The molecule has 0 unspecified atom stereocenters. The first-order valence-electron chi connectivity index (χ1n) is 7.64. The van der Waals surface area contributed by atoms with E-state index in [1.165, 1.54) is 55.5 Å². The molecule has 2 nitrogen and oxygen atoms in total. The summed E-state index contributed by atoms with van der Waals surface area (Å²) in [4.78, 5) is 2.63. The van der Waals surface area contributed by atoms with Crippen molar-refractivity contribution in [3.8, 4) is 0 Å². The second-order valence-electron chi connectivity index (χ2n) is 6.80. The highest BCUT2D eigenvalue weighted by molar-refractivity contribution is 5.64. The van der Waals surface area contributed by atoms with Crippen molar-refractivity contribution in [2.45, 2.75) is 64.0 Å². The molecule has 2 aliphatic rings. The lowest BCUT2D eigenvalue weighted by molar-refractivity contribution is 0.0811. The summed E-state index contributed by atoms with van der Waals surface area (Å²) in [6, 6.07) is 7.35. The molecular formula is C17H25NO. The van der Waals surface area contributed by atoms with E-state index in [9.17, 15) is 5.11 Å². The third-order valence-corrected chi connectivity index (χ3v) is 4.50. The van der Waals surface area contributed by atoms with E-state index < -0.39 is 5.60 Å². The van der Waals surface area contributed by atoms with E-state index >= 15 is 0 Å². The van der Waals surface area contributed by atoms with Crippen LogP contribution >= 0.6 is 0 Å². The number of anilines is 1. The van der Waals surface area contributed by atoms with Crippen LogP contribution in [0.2, 0.25) is 0 Å². The van der Waals surface area contributed by atoms with Crippen LogP contribution in [0.4, 0.5) is 5.69 Å². The maximum atomic E-state index is 10.1. The number of aliphatic hydroxyl groups is 1. The van der Waals surface area contributed by atoms with Crippen molar-refractivity contribution in [2.24, 2.45) is 0 Å². The van der Waals surface area contributed by atoms with Crippen molar-refractivity contribution < 1.29 is 5.11 Å². The molecule has 104 valence electrons. The molecule has 0 saturated heterocycles. The Morgan fingerprint density at radius 1 is 1.26 bits per heavy atom. The first-order chi connectivity index (χ1) is 9.04. The minimum atomic E-state index is -0.626. The smallest absolute Gasteiger partial charge is 0.0632 e. The molecule has 19 heavy (non-hydrogen) atoms. The fraction of sp³-hybridized carbons (Fsp3) is 0.647. The molecule has 0 atom stereocenters. The lowest BCUT2D eigenvalue weighted by atomic mass is 9.95. The number of benzene rings is 1. The summed E-state index contributed by atoms with van der Waals surface area (Å²) < 4.78 is 0. The van der Waals surface area contributed by atoms with Crippen molar-refractivity contribution in [1.29, 1.82) is 0 Å². The molecule has 0 spiro atoms. The van der Waals surface area contributed by atoms with Crippen molar-refractivity contribution in [3.63, 3.8) is 0 Å². The number of fused-ring (bicyclic) bond motifs is 1. The highest BCUT2D eigenvalue weighted by Crippen LogP contribution is 2.38. The summed E-state index contributed by atoms with van der Waals surface area (Å²) in [5.74, 6) is 0. The Labute approximate surface area is 116 Å². The highest BCUT2D eigenvalue weighted by atomic mass is 16.3. The molecule has 1 heterocycles. The van der Waals surface area contributed by atoms with Gasteiger partial charge in [-0.25, -0.2) is 0 Å². The van der Waals surface area contributed by atoms with Crippen molar-refractivity contribution in [3.05, 3.63) is 29.3 Å². The summed E-state index contributed by atoms with van der Waals surface area (Å²) in [6.07, 6.45) is 7.37. The molecule has 1 N–H and O–H groups in total. The van der Waals surface area contributed by atoms with Gasteiger partial charge < -0.3 is 10.0 Å². The molecule has 1 fully saturated rings. The van der Waals surface area contributed by atoms with Crippen LogP contribution in [0.15, 0.2) is 18.2 Å². The van der Waals surface area contributed by atoms with Gasteiger partial charge in [0.2, 0.25) is 0 Å². The van der Waals surface area contributed by atoms with Crippen molar-refractivity contribution in [2.75, 3.05) is 11.4 Å². The van der Waals surface area contributed by atoms with Gasteiger partial charge >= 0.3 is 0 Å². The summed E-state index contributed by atoms with van der Waals surface area (Å²) in [6.45, 7) is 4.98. The van der Waals surface area contributed by atoms with Crippen LogP contribution < -0.4 is 4.90 Å². The normalized spacial score (nSPS) is 20.1. The molecule has 1 aromatic carbocycles. The van der Waals surface area contributed by atoms with Gasteiger partial charge in [0.25, 0.3) is 0 Å². The van der Waals surface area contributed by atoms with E-state index in [0.717, 1.165) is 12.5 Å². The van der Waals surface area contributed by atoms with Crippen molar-refractivity contribution in [1.82, 2.24) is 0 Å². The van der Waals surface area contributed by atoms with Gasteiger partial charge in [-0.15, -0.1) is 0 Å². The number of hydrogen-bond donors (Lipinski definition) is 1. The SMILES string of the molecule is CC(C)(O)Cc1cccc2c1N(C1CCCC1)CC2. The minimum absolute atomic E-state index is 0.626. The van der Waals surface area contributed by atoms with E-state index in [0.29, 0.717) is 0 Å². The van der Waals surface area contributed by atoms with Crippen LogP contribution in [-0.2, 0) is 12.8 Å². The van der Waals surface area contributed by atoms with Crippen LogP contribution in [0.5, 0.6) is 0 Å². The first-order valence-corrected chi connectivity index (χ1v) is 7.64. The lowest BCUT2D eigenvalue weighted by Crippen LogP contribution is -2.33. The second kappa shape index (κ2) is 4.82. The summed E-state index contributed by atoms with van der Waals surface area (Å²) >= 11 is 0. The third kappa shape index (κ3) is 2.64. The van der Waals surface area contributed by atoms with Crippen LogP contribution in [0.25, 0.3) is 0 Å². The van der Waals surface area contributed by atoms with Gasteiger partial charge in [0.15, 0.2) is 0 Å². The monoisotopic (exact) mass is 259 g/mol. The van der Waals surface area contributed by atoms with Crippen LogP contribution in [0, 0.1) is 0 Å². The van der Waals surface area contributed by atoms with E-state index in [1.807, 2.05) is 13.8 Å². The van der Waals surface area contributed by atoms with E-state index in [2.05, 4.69) is 23.1 Å². The first kappa shape index (κ1) is 13.0. The molecular weight excluding hydrogens is 234 g/mol. The highest BCUT2D eigenvalue weighted by Gasteiger charge is 2.31. The van der Waals surface area contributed by atoms with E-state index in [1.54, 1.807) is 0 Å². The van der Waals surface area contributed by atoms with Gasteiger partial charge in [-0.05, 0) is 44.2 Å². The van der Waals surface area contributed by atoms with Crippen LogP contribution in [-0.4, -0.2) is 23.3 Å². The van der Waals surface area contributed by atoms with Gasteiger partial charge in [0, 0.05) is 24.7 Å². The van der Waals surface area contributed by atoms with Crippen molar-refractivity contribution >= 4 is 5.69 Å². The predicted octanol–water partition coefficient (Wildman–Crippen LogP) is 3.31. The largest absolute Gasteiger partial charge is 0.390 e. The van der Waals surface area contributed by atoms with Gasteiger partial charge in [-0.2, -0.15) is 0 Å². The number of rotatable bonds is 3. The quantitative estimate of drug-likeness (QED) is 0.900.